The quantitative estimate of drug-likeness (QED) is 0.174. The van der Waals surface area contributed by atoms with Crippen molar-refractivity contribution in [3.63, 3.8) is 0 Å². The number of nitrogens with zero attached hydrogens (tertiary/aromatic N) is 1. The zero-order valence-corrected chi connectivity index (χ0v) is 22.4. The molecule has 1 amide bonds. The molecule has 0 aliphatic heterocycles. The molecule has 1 aliphatic rings. The Morgan fingerprint density at radius 2 is 1.72 bits per heavy atom. The van der Waals surface area contributed by atoms with E-state index in [0.717, 1.165) is 17.9 Å². The number of hydrogen-bond acceptors (Lipinski definition) is 5. The van der Waals surface area contributed by atoms with Crippen LogP contribution in [-0.2, 0) is 48.3 Å². The van der Waals surface area contributed by atoms with Crippen LogP contribution in [0.4, 0.5) is 5.69 Å². The summed E-state index contributed by atoms with van der Waals surface area (Å²) >= 11 is 0. The molecule has 0 unspecified atom stereocenters. The molecule has 0 bridgehead atoms. The average Bonchev–Trinajstić information content (AvgIpc) is 3.01. The number of anilines is 1. The third-order valence-electron chi connectivity index (χ3n) is 4.70. The molecule has 1 aliphatic carbocycles. The van der Waals surface area contributed by atoms with Crippen LogP contribution in [0.3, 0.4) is 0 Å². The Morgan fingerprint density at radius 1 is 1.03 bits per heavy atom. The van der Waals surface area contributed by atoms with Crippen LogP contribution in [0.1, 0.15) is 55.7 Å². The minimum atomic E-state index is 0. The molecule has 0 atom stereocenters. The third-order valence-corrected chi connectivity index (χ3v) is 4.70. The summed E-state index contributed by atoms with van der Waals surface area (Å²) in [4.78, 5) is 21.0. The first kappa shape index (κ1) is 27.5. The van der Waals surface area contributed by atoms with Crippen molar-refractivity contribution in [2.24, 2.45) is 0 Å². The molecule has 1 aromatic heterocycles. The van der Waals surface area contributed by atoms with E-state index < -0.39 is 0 Å². The third kappa shape index (κ3) is 8.19. The largest absolute Gasteiger partial charge is 0.516 e. The van der Waals surface area contributed by atoms with Gasteiger partial charge in [-0.05, 0) is 50.5 Å². The minimum Gasteiger partial charge on any atom is -0.516 e. The smallest absolute Gasteiger partial charge is 0.211 e. The van der Waals surface area contributed by atoms with Crippen LogP contribution in [0.5, 0.6) is 11.5 Å². The van der Waals surface area contributed by atoms with Gasteiger partial charge in [0.25, 0.3) is 0 Å². The first-order chi connectivity index (χ1) is 15.2. The Balaban J connectivity index is 0.000000314. The fraction of sp³-hybridized carbons (Fsp3) is 0.320. The van der Waals surface area contributed by atoms with E-state index in [9.17, 15) is 9.59 Å². The summed E-state index contributed by atoms with van der Waals surface area (Å²) in [5, 5.41) is 6.49. The fourth-order valence-electron chi connectivity index (χ4n) is 3.17. The van der Waals surface area contributed by atoms with Gasteiger partial charge in [-0.2, -0.15) is 6.07 Å². The number of amides is 1. The van der Waals surface area contributed by atoms with Crippen molar-refractivity contribution in [2.45, 2.75) is 52.9 Å². The molecule has 4 rings (SSSR count). The number of benzene rings is 2. The molecule has 1 heterocycles. The van der Waals surface area contributed by atoms with Crippen molar-refractivity contribution < 1.29 is 44.7 Å². The Bertz CT molecular complexity index is 955. The van der Waals surface area contributed by atoms with Crippen molar-refractivity contribution >= 4 is 18.4 Å². The number of hydrogen-bond donors (Lipinski definition) is 1. The topological polar surface area (TPSA) is 81.4 Å². The predicted molar refractivity (Wildman–Crippen MR) is 121 cm³/mol. The summed E-state index contributed by atoms with van der Waals surface area (Å²) in [6, 6.07) is 13.7. The molecule has 0 saturated heterocycles. The van der Waals surface area contributed by atoms with Crippen LogP contribution in [-0.4, -0.2) is 17.9 Å². The standard InChI is InChI=1S/C14H10NO3.C9H13NO.C2H6.Hf/c16-9-11-3-1-2-4-14(11)18-13-7-5-12(6-8-13)15-10-17;1-7-8-5-3-2-4-6-9(8)11-10-7;1-2;/h1-8,10H,(H,15,17);2-6H2,1H3;1-2H3;/q-1;;;. The van der Waals surface area contributed by atoms with Gasteiger partial charge in [-0.1, -0.05) is 37.6 Å². The normalized spacial score (nSPS) is 11.6. The maximum atomic E-state index is 10.7. The number of ether oxygens (including phenoxy) is 1. The van der Waals surface area contributed by atoms with Gasteiger partial charge in [0.15, 0.2) is 0 Å². The summed E-state index contributed by atoms with van der Waals surface area (Å²) in [5.41, 5.74) is 3.52. The first-order valence-electron chi connectivity index (χ1n) is 10.6. The maximum absolute atomic E-state index is 10.7. The van der Waals surface area contributed by atoms with Gasteiger partial charge in [-0.3, -0.25) is 4.79 Å². The molecule has 168 valence electrons. The monoisotopic (exact) mass is 601 g/mol. The maximum Gasteiger partial charge on any atom is 0.211 e. The van der Waals surface area contributed by atoms with E-state index in [0.29, 0.717) is 29.2 Å². The molecule has 0 radical (unpaired) electrons. The number of fused-ring (bicyclic) bond motifs is 1. The first-order valence-corrected chi connectivity index (χ1v) is 10.6. The summed E-state index contributed by atoms with van der Waals surface area (Å²) < 4.78 is 10.8. The van der Waals surface area contributed by atoms with E-state index >= 15 is 0 Å². The van der Waals surface area contributed by atoms with E-state index in [1.807, 2.05) is 27.1 Å². The van der Waals surface area contributed by atoms with E-state index in [1.54, 1.807) is 48.5 Å². The number of carbonyl (C=O) groups excluding carboxylic acids is 2. The molecular formula is C25H29HfN2O4-. The van der Waals surface area contributed by atoms with Gasteiger partial charge < -0.3 is 19.4 Å². The van der Waals surface area contributed by atoms with Crippen molar-refractivity contribution in [1.82, 2.24) is 5.16 Å². The molecule has 1 N–H and O–H groups in total. The predicted octanol–water partition coefficient (Wildman–Crippen LogP) is 5.78. The number of nitrogens with one attached hydrogen (secondary N) is 1. The summed E-state index contributed by atoms with van der Waals surface area (Å²) in [6.45, 7) is 6.04. The molecule has 0 fully saturated rings. The molecule has 3 aromatic rings. The van der Waals surface area contributed by atoms with Gasteiger partial charge in [0, 0.05) is 49.3 Å². The molecule has 2 aromatic carbocycles. The number of para-hydroxylation sites is 1. The second-order valence-corrected chi connectivity index (χ2v) is 6.72. The SMILES string of the molecule is CC.Cc1noc2c1CCCCC2.O=[C-]c1ccccc1Oc1ccc(NC=O)cc1.[Hf]. The van der Waals surface area contributed by atoms with E-state index in [-0.39, 0.29) is 25.8 Å². The molecule has 0 spiro atoms. The van der Waals surface area contributed by atoms with Crippen LogP contribution < -0.4 is 10.1 Å². The number of aromatic nitrogens is 1. The molecule has 0 saturated carbocycles. The van der Waals surface area contributed by atoms with Crippen LogP contribution in [0, 0.1) is 6.92 Å². The van der Waals surface area contributed by atoms with Crippen molar-refractivity contribution in [2.75, 3.05) is 5.32 Å². The van der Waals surface area contributed by atoms with Gasteiger partial charge in [0.05, 0.1) is 12.0 Å². The number of rotatable bonds is 5. The van der Waals surface area contributed by atoms with Crippen molar-refractivity contribution in [3.8, 4) is 11.5 Å². The van der Waals surface area contributed by atoms with E-state index in [4.69, 9.17) is 9.26 Å². The van der Waals surface area contributed by atoms with E-state index in [1.165, 1.54) is 31.2 Å². The number of aryl methyl sites for hydroxylation is 2. The molecule has 7 heteroatoms. The van der Waals surface area contributed by atoms with Crippen LogP contribution >= 0.6 is 0 Å². The minimum absolute atomic E-state index is 0. The second-order valence-electron chi connectivity index (χ2n) is 6.72. The van der Waals surface area contributed by atoms with Crippen LogP contribution in [0.2, 0.25) is 0 Å². The summed E-state index contributed by atoms with van der Waals surface area (Å²) in [7, 11) is 0. The van der Waals surface area contributed by atoms with Crippen molar-refractivity contribution in [1.29, 1.82) is 0 Å². The van der Waals surface area contributed by atoms with Gasteiger partial charge in [0.1, 0.15) is 11.5 Å². The summed E-state index contributed by atoms with van der Waals surface area (Å²) in [6.07, 6.45) is 8.59. The fourth-order valence-corrected chi connectivity index (χ4v) is 3.17. The van der Waals surface area contributed by atoms with Gasteiger partial charge in [-0.15, -0.1) is 11.6 Å². The molecule has 32 heavy (non-hydrogen) atoms. The zero-order chi connectivity index (χ0) is 22.5. The van der Waals surface area contributed by atoms with Crippen LogP contribution in [0.15, 0.2) is 53.1 Å². The molecule has 6 nitrogen and oxygen atoms in total. The Morgan fingerprint density at radius 3 is 2.41 bits per heavy atom. The Labute approximate surface area is 208 Å². The average molecular weight is 600 g/mol. The van der Waals surface area contributed by atoms with Crippen LogP contribution in [0.25, 0.3) is 0 Å². The number of carbonyl (C=O) groups is 1. The summed E-state index contributed by atoms with van der Waals surface area (Å²) in [5.74, 6) is 2.16. The van der Waals surface area contributed by atoms with Gasteiger partial charge >= 0.3 is 0 Å². The van der Waals surface area contributed by atoms with Gasteiger partial charge in [-0.25, -0.2) is 0 Å². The van der Waals surface area contributed by atoms with Gasteiger partial charge in [0.2, 0.25) is 6.41 Å². The van der Waals surface area contributed by atoms with Crippen molar-refractivity contribution in [3.05, 3.63) is 71.1 Å². The Kier molecular flexibility index (Phi) is 13.1. The zero-order valence-electron chi connectivity index (χ0n) is 18.8. The second kappa shape index (κ2) is 15.3. The Hall–Kier alpha value is -2.54. The molecular weight excluding hydrogens is 571 g/mol. The van der Waals surface area contributed by atoms with E-state index in [2.05, 4.69) is 10.5 Å².